The molecule has 3 heteroatoms. The molecule has 0 saturated heterocycles. The highest BCUT2D eigenvalue weighted by molar-refractivity contribution is 8.93. The molecule has 0 amide bonds. The van der Waals surface area contributed by atoms with Crippen molar-refractivity contribution in [1.82, 2.24) is 0 Å². The molecule has 1 unspecified atom stereocenters. The van der Waals surface area contributed by atoms with Crippen LogP contribution in [0.1, 0.15) is 136 Å². The van der Waals surface area contributed by atoms with E-state index < -0.39 is 6.95 Å². The van der Waals surface area contributed by atoms with Crippen LogP contribution in [0.2, 0.25) is 0 Å². The molecule has 0 aliphatic heterocycles. The van der Waals surface area contributed by atoms with Crippen LogP contribution in [0.3, 0.4) is 0 Å². The Kier molecular flexibility index (Phi) is 27.7. The fourth-order valence-corrected chi connectivity index (χ4v) is 11.5. The second-order valence-corrected chi connectivity index (χ2v) is 17.1. The Morgan fingerprint density at radius 1 is 0.429 bits per heavy atom. The van der Waals surface area contributed by atoms with Gasteiger partial charge in [-0.15, -0.1) is 17.0 Å². The quantitative estimate of drug-likeness (QED) is 0.103. The van der Waals surface area contributed by atoms with Crippen LogP contribution in [-0.2, 0) is 0 Å². The van der Waals surface area contributed by atoms with Crippen molar-refractivity contribution in [3.63, 3.8) is 0 Å². The number of hydrogen-bond donors (Lipinski definition) is 0. The van der Waals surface area contributed by atoms with E-state index >= 15 is 0 Å². The SMILES string of the molecule is Br.CCCCCCCC[P+](CCCCCCCC)(CCCCCCCC)PC. The number of halogens is 1. The molecule has 0 heterocycles. The van der Waals surface area contributed by atoms with Crippen LogP contribution in [0, 0.1) is 0 Å². The summed E-state index contributed by atoms with van der Waals surface area (Å²) in [5.41, 5.74) is 0. The van der Waals surface area contributed by atoms with E-state index in [2.05, 4.69) is 27.4 Å². The lowest BCUT2D eigenvalue weighted by Gasteiger charge is -2.26. The average Bonchev–Trinajstić information content (AvgIpc) is 2.69. The van der Waals surface area contributed by atoms with Gasteiger partial charge in [-0.3, -0.25) is 0 Å². The first-order chi connectivity index (χ1) is 13.2. The molecule has 0 aliphatic carbocycles. The van der Waals surface area contributed by atoms with E-state index in [-0.39, 0.29) is 17.0 Å². The van der Waals surface area contributed by atoms with Gasteiger partial charge in [0.15, 0.2) is 0 Å². The Morgan fingerprint density at radius 3 is 0.929 bits per heavy atom. The lowest BCUT2D eigenvalue weighted by molar-refractivity contribution is 0.617. The van der Waals surface area contributed by atoms with E-state index in [1.165, 1.54) is 105 Å². The summed E-state index contributed by atoms with van der Waals surface area (Å²) in [5.74, 6) is 0. The Balaban J connectivity index is 0. The van der Waals surface area contributed by atoms with Crippen molar-refractivity contribution in [3.05, 3.63) is 0 Å². The maximum Gasteiger partial charge on any atom is 0.0613 e. The van der Waals surface area contributed by atoms with Gasteiger partial charge < -0.3 is 0 Å². The summed E-state index contributed by atoms with van der Waals surface area (Å²) < 4.78 is 0. The molecule has 0 rings (SSSR count). The zero-order valence-corrected chi connectivity index (χ0v) is 23.8. The molecule has 0 saturated carbocycles. The van der Waals surface area contributed by atoms with Crippen molar-refractivity contribution in [2.24, 2.45) is 0 Å². The third-order valence-electron chi connectivity index (χ3n) is 6.29. The molecule has 0 nitrogen and oxygen atoms in total. The smallest absolute Gasteiger partial charge is 0.0613 e. The molecule has 0 aliphatic rings. The maximum absolute atomic E-state index is 2.57. The van der Waals surface area contributed by atoms with Crippen LogP contribution in [0.15, 0.2) is 0 Å². The topological polar surface area (TPSA) is 0 Å². The first-order valence-electron chi connectivity index (χ1n) is 12.8. The molecule has 0 aromatic rings. The molecule has 0 aromatic carbocycles. The number of rotatable bonds is 22. The van der Waals surface area contributed by atoms with Crippen LogP contribution in [0.25, 0.3) is 0 Å². The molecular weight excluding hydrogens is 442 g/mol. The van der Waals surface area contributed by atoms with Crippen molar-refractivity contribution in [1.29, 1.82) is 0 Å². The molecule has 0 aromatic heterocycles. The zero-order chi connectivity index (χ0) is 20.1. The minimum absolute atomic E-state index is 0. The highest BCUT2D eigenvalue weighted by Crippen LogP contribution is 2.74. The normalized spacial score (nSPS) is 12.0. The van der Waals surface area contributed by atoms with Crippen molar-refractivity contribution < 1.29 is 0 Å². The molecule has 0 radical (unpaired) electrons. The van der Waals surface area contributed by atoms with E-state index in [0.29, 0.717) is 0 Å². The summed E-state index contributed by atoms with van der Waals surface area (Å²) in [6.45, 7) is 8.94. The van der Waals surface area contributed by atoms with E-state index in [0.717, 1.165) is 0 Å². The zero-order valence-electron chi connectivity index (χ0n) is 20.2. The Hall–Kier alpha value is 1.34. The minimum atomic E-state index is -0.616. The summed E-state index contributed by atoms with van der Waals surface area (Å²) in [4.78, 5) is 0. The first kappa shape index (κ1) is 31.5. The Labute approximate surface area is 193 Å². The van der Waals surface area contributed by atoms with Gasteiger partial charge in [-0.25, -0.2) is 0 Å². The van der Waals surface area contributed by atoms with Crippen LogP contribution >= 0.6 is 32.2 Å². The van der Waals surface area contributed by atoms with Crippen LogP contribution in [-0.4, -0.2) is 25.2 Å². The van der Waals surface area contributed by atoms with Crippen molar-refractivity contribution in [2.45, 2.75) is 136 Å². The van der Waals surface area contributed by atoms with Crippen molar-refractivity contribution >= 4 is 32.2 Å². The van der Waals surface area contributed by atoms with Gasteiger partial charge in [0.05, 0.1) is 18.5 Å². The highest BCUT2D eigenvalue weighted by atomic mass is 79.9. The lowest BCUT2D eigenvalue weighted by Crippen LogP contribution is -2.05. The minimum Gasteiger partial charge on any atom is -0.114 e. The molecule has 172 valence electrons. The van der Waals surface area contributed by atoms with Gasteiger partial charge in [-0.1, -0.05) is 97.8 Å². The Bertz CT molecular complexity index is 243. The van der Waals surface area contributed by atoms with E-state index in [9.17, 15) is 0 Å². The lowest BCUT2D eigenvalue weighted by atomic mass is 10.1. The van der Waals surface area contributed by atoms with Gasteiger partial charge in [0.25, 0.3) is 0 Å². The largest absolute Gasteiger partial charge is 0.114 e. The monoisotopic (exact) mass is 497 g/mol. The maximum atomic E-state index is 2.57. The predicted octanol–water partition coefficient (Wildman–Crippen LogP) is 10.9. The third-order valence-corrected chi connectivity index (χ3v) is 15.6. The van der Waals surface area contributed by atoms with Crippen LogP contribution in [0.4, 0.5) is 0 Å². The summed E-state index contributed by atoms with van der Waals surface area (Å²) in [7, 11) is 1.27. The van der Waals surface area contributed by atoms with Gasteiger partial charge >= 0.3 is 0 Å². The Morgan fingerprint density at radius 2 is 0.679 bits per heavy atom. The molecule has 1 atom stereocenters. The van der Waals surface area contributed by atoms with Crippen LogP contribution < -0.4 is 0 Å². The highest BCUT2D eigenvalue weighted by Gasteiger charge is 2.33. The van der Waals surface area contributed by atoms with Crippen molar-refractivity contribution in [3.8, 4) is 0 Å². The molecule has 0 fully saturated rings. The summed E-state index contributed by atoms with van der Waals surface area (Å²) in [5, 5.41) is 0. The number of unbranched alkanes of at least 4 members (excludes halogenated alkanes) is 15. The van der Waals surface area contributed by atoms with E-state index in [4.69, 9.17) is 0 Å². The van der Waals surface area contributed by atoms with Gasteiger partial charge in [-0.2, -0.15) is 0 Å². The van der Waals surface area contributed by atoms with Crippen molar-refractivity contribution in [2.75, 3.05) is 25.2 Å². The second kappa shape index (κ2) is 24.6. The van der Waals surface area contributed by atoms with Crippen LogP contribution in [0.5, 0.6) is 0 Å². The standard InChI is InChI=1S/C25H55P2.BrH/c1-5-8-11-14-17-20-23-27(26-4,24-21-18-15-12-9-6-2)25-22-19-16-13-10-7-3;/h26H,5-25H2,1-4H3;1H/q+1;. The van der Waals surface area contributed by atoms with Gasteiger partial charge in [-0.05, 0) is 45.2 Å². The first-order valence-corrected chi connectivity index (χ1v) is 17.5. The number of hydrogen-bond acceptors (Lipinski definition) is 0. The summed E-state index contributed by atoms with van der Waals surface area (Å²) >= 11 is 0. The summed E-state index contributed by atoms with van der Waals surface area (Å²) in [6.07, 6.45) is 31.5. The fraction of sp³-hybridized carbons (Fsp3) is 1.00. The van der Waals surface area contributed by atoms with E-state index in [1.54, 1.807) is 37.7 Å². The van der Waals surface area contributed by atoms with Gasteiger partial charge in [0.1, 0.15) is 0 Å². The molecule has 0 bridgehead atoms. The molecule has 0 N–H and O–H groups in total. The average molecular weight is 499 g/mol. The van der Waals surface area contributed by atoms with Gasteiger partial charge in [0, 0.05) is 15.2 Å². The second-order valence-electron chi connectivity index (χ2n) is 8.84. The van der Waals surface area contributed by atoms with E-state index in [1.807, 2.05) is 0 Å². The van der Waals surface area contributed by atoms with Gasteiger partial charge in [0.2, 0.25) is 0 Å². The molecular formula is C25H56BrP2+. The summed E-state index contributed by atoms with van der Waals surface area (Å²) in [6, 6.07) is 0. The fourth-order valence-electron chi connectivity index (χ4n) is 4.26. The molecule has 28 heavy (non-hydrogen) atoms. The predicted molar refractivity (Wildman–Crippen MR) is 146 cm³/mol. The third kappa shape index (κ3) is 19.3. The molecule has 0 spiro atoms.